The summed E-state index contributed by atoms with van der Waals surface area (Å²) >= 11 is 0. The van der Waals surface area contributed by atoms with Crippen molar-refractivity contribution in [2.75, 3.05) is 0 Å². The van der Waals surface area contributed by atoms with Crippen LogP contribution < -0.4 is 4.72 Å². The fourth-order valence-corrected chi connectivity index (χ4v) is 3.37. The summed E-state index contributed by atoms with van der Waals surface area (Å²) in [6.45, 7) is 2.17. The molecule has 1 aromatic heterocycles. The van der Waals surface area contributed by atoms with Gasteiger partial charge in [0.15, 0.2) is 0 Å². The van der Waals surface area contributed by atoms with E-state index in [0.717, 1.165) is 0 Å². The van der Waals surface area contributed by atoms with Gasteiger partial charge in [-0.3, -0.25) is 0 Å². The molecular weight excluding hydrogens is 268 g/mol. The Hall–Kier alpha value is -1.60. The number of aryl methyl sites for hydroxylation is 1. The first-order valence-corrected chi connectivity index (χ1v) is 7.53. The van der Waals surface area contributed by atoms with Crippen LogP contribution in [0.2, 0.25) is 0 Å². The van der Waals surface area contributed by atoms with Gasteiger partial charge in [-0.2, -0.15) is 0 Å². The third-order valence-electron chi connectivity index (χ3n) is 3.07. The summed E-state index contributed by atoms with van der Waals surface area (Å²) in [5.74, 6) is -1.13. The summed E-state index contributed by atoms with van der Waals surface area (Å²) in [5.41, 5.74) is -0.0209. The number of hydrogen-bond donors (Lipinski definition) is 2. The first kappa shape index (κ1) is 13.8. The third kappa shape index (κ3) is 2.87. The monoisotopic (exact) mass is 284 g/mol. The van der Waals surface area contributed by atoms with Gasteiger partial charge in [0.1, 0.15) is 10.6 Å². The second-order valence-electron chi connectivity index (χ2n) is 4.41. The summed E-state index contributed by atoms with van der Waals surface area (Å²) in [5, 5.41) is 9.01. The smallest absolute Gasteiger partial charge is 0.352 e. The molecule has 0 spiro atoms. The van der Waals surface area contributed by atoms with Gasteiger partial charge in [0.2, 0.25) is 10.0 Å². The Kier molecular flexibility index (Phi) is 3.77. The van der Waals surface area contributed by atoms with Crippen molar-refractivity contribution in [2.24, 2.45) is 0 Å². The molecule has 19 heavy (non-hydrogen) atoms. The molecule has 0 saturated heterocycles. The maximum atomic E-state index is 12.1. The Morgan fingerprint density at radius 2 is 2.11 bits per heavy atom. The van der Waals surface area contributed by atoms with Crippen LogP contribution in [0, 0.1) is 0 Å². The van der Waals surface area contributed by atoms with Gasteiger partial charge in [0.05, 0.1) is 0 Å². The molecule has 7 heteroatoms. The molecule has 2 N–H and O–H groups in total. The van der Waals surface area contributed by atoms with Crippen molar-refractivity contribution in [1.29, 1.82) is 0 Å². The topological polar surface area (TPSA) is 88.4 Å². The van der Waals surface area contributed by atoms with Gasteiger partial charge in [-0.1, -0.05) is 12.2 Å². The SMILES string of the molecule is CCn1cc(S(=O)(=O)NC2CC=CC2)cc1C(=O)O. The number of hydrogen-bond acceptors (Lipinski definition) is 3. The molecule has 0 aliphatic heterocycles. The van der Waals surface area contributed by atoms with Crippen molar-refractivity contribution < 1.29 is 18.3 Å². The predicted molar refractivity (Wildman–Crippen MR) is 69.5 cm³/mol. The molecule has 1 aliphatic carbocycles. The van der Waals surface area contributed by atoms with Crippen molar-refractivity contribution in [3.05, 3.63) is 30.1 Å². The average Bonchev–Trinajstić information content (AvgIpc) is 2.95. The summed E-state index contributed by atoms with van der Waals surface area (Å²) in [6.07, 6.45) is 6.54. The molecule has 0 fully saturated rings. The quantitative estimate of drug-likeness (QED) is 0.795. The lowest BCUT2D eigenvalue weighted by Crippen LogP contribution is -2.32. The second kappa shape index (κ2) is 5.18. The molecule has 6 nitrogen and oxygen atoms in total. The number of rotatable bonds is 5. The van der Waals surface area contributed by atoms with E-state index in [9.17, 15) is 13.2 Å². The molecule has 0 saturated carbocycles. The highest BCUT2D eigenvalue weighted by Gasteiger charge is 2.24. The van der Waals surface area contributed by atoms with Gasteiger partial charge in [-0.15, -0.1) is 0 Å². The van der Waals surface area contributed by atoms with Crippen LogP contribution in [0.25, 0.3) is 0 Å². The van der Waals surface area contributed by atoms with E-state index < -0.39 is 16.0 Å². The Bertz CT molecular complexity index is 608. The van der Waals surface area contributed by atoms with Gasteiger partial charge < -0.3 is 9.67 Å². The number of aromatic nitrogens is 1. The molecule has 1 aromatic rings. The number of carboxylic acids is 1. The van der Waals surface area contributed by atoms with Crippen molar-refractivity contribution in [2.45, 2.75) is 37.2 Å². The van der Waals surface area contributed by atoms with Crippen LogP contribution in [-0.2, 0) is 16.6 Å². The minimum atomic E-state index is -3.66. The third-order valence-corrected chi connectivity index (χ3v) is 4.56. The number of sulfonamides is 1. The average molecular weight is 284 g/mol. The van der Waals surface area contributed by atoms with Gasteiger partial charge in [-0.25, -0.2) is 17.9 Å². The van der Waals surface area contributed by atoms with Crippen molar-refractivity contribution in [3.63, 3.8) is 0 Å². The normalized spacial score (nSPS) is 16.1. The van der Waals surface area contributed by atoms with Crippen LogP contribution in [0.5, 0.6) is 0 Å². The molecule has 1 heterocycles. The Morgan fingerprint density at radius 1 is 1.47 bits per heavy atom. The van der Waals surface area contributed by atoms with Crippen LogP contribution in [0.15, 0.2) is 29.3 Å². The van der Waals surface area contributed by atoms with Crippen molar-refractivity contribution >= 4 is 16.0 Å². The number of aromatic carboxylic acids is 1. The standard InChI is InChI=1S/C12H16N2O4S/c1-2-14-8-10(7-11(14)12(15)16)19(17,18)13-9-5-3-4-6-9/h3-4,7-9,13H,2,5-6H2,1H3,(H,15,16). The van der Waals surface area contributed by atoms with Gasteiger partial charge in [0, 0.05) is 18.8 Å². The molecule has 0 amide bonds. The summed E-state index contributed by atoms with van der Waals surface area (Å²) in [7, 11) is -3.66. The Balaban J connectivity index is 2.27. The van der Waals surface area contributed by atoms with E-state index in [4.69, 9.17) is 5.11 Å². The lowest BCUT2D eigenvalue weighted by molar-refractivity contribution is 0.0685. The lowest BCUT2D eigenvalue weighted by atomic mass is 10.3. The largest absolute Gasteiger partial charge is 0.477 e. The Labute approximate surface area is 111 Å². The number of nitrogens with zero attached hydrogens (tertiary/aromatic N) is 1. The van der Waals surface area contributed by atoms with E-state index in [0.29, 0.717) is 19.4 Å². The minimum Gasteiger partial charge on any atom is -0.477 e. The zero-order chi connectivity index (χ0) is 14.0. The van der Waals surface area contributed by atoms with Crippen molar-refractivity contribution in [3.8, 4) is 0 Å². The van der Waals surface area contributed by atoms with E-state index in [2.05, 4.69) is 4.72 Å². The van der Waals surface area contributed by atoms with Crippen LogP contribution in [0.3, 0.4) is 0 Å². The van der Waals surface area contributed by atoms with Crippen molar-refractivity contribution in [1.82, 2.24) is 9.29 Å². The predicted octanol–water partition coefficient (Wildman–Crippen LogP) is 1.20. The Morgan fingerprint density at radius 3 is 2.58 bits per heavy atom. The van der Waals surface area contributed by atoms with E-state index in [-0.39, 0.29) is 16.6 Å². The van der Waals surface area contributed by atoms with Crippen LogP contribution in [-0.4, -0.2) is 30.1 Å². The number of carbonyl (C=O) groups is 1. The molecule has 0 radical (unpaired) electrons. The van der Waals surface area contributed by atoms with E-state index in [1.165, 1.54) is 16.8 Å². The summed E-state index contributed by atoms with van der Waals surface area (Å²) in [4.78, 5) is 11.0. The molecule has 2 rings (SSSR count). The van der Waals surface area contributed by atoms with Crippen LogP contribution in [0.1, 0.15) is 30.3 Å². The summed E-state index contributed by atoms with van der Waals surface area (Å²) in [6, 6.07) is 1.06. The van der Waals surface area contributed by atoms with E-state index >= 15 is 0 Å². The highest BCUT2D eigenvalue weighted by molar-refractivity contribution is 7.89. The highest BCUT2D eigenvalue weighted by Crippen LogP contribution is 2.18. The maximum Gasteiger partial charge on any atom is 0.352 e. The first-order chi connectivity index (χ1) is 8.94. The van der Waals surface area contributed by atoms with E-state index in [1.807, 2.05) is 12.2 Å². The molecular formula is C12H16N2O4S. The minimum absolute atomic E-state index is 0.00125. The zero-order valence-corrected chi connectivity index (χ0v) is 11.4. The van der Waals surface area contributed by atoms with Gasteiger partial charge >= 0.3 is 5.97 Å². The van der Waals surface area contributed by atoms with Crippen LogP contribution in [0.4, 0.5) is 0 Å². The molecule has 0 aromatic carbocycles. The first-order valence-electron chi connectivity index (χ1n) is 6.05. The fraction of sp³-hybridized carbons (Fsp3) is 0.417. The maximum absolute atomic E-state index is 12.1. The molecule has 1 aliphatic rings. The van der Waals surface area contributed by atoms with Gasteiger partial charge in [-0.05, 0) is 25.8 Å². The van der Waals surface area contributed by atoms with Gasteiger partial charge in [0.25, 0.3) is 0 Å². The highest BCUT2D eigenvalue weighted by atomic mass is 32.2. The molecule has 0 bridgehead atoms. The molecule has 0 unspecified atom stereocenters. The summed E-state index contributed by atoms with van der Waals surface area (Å²) < 4.78 is 28.3. The van der Waals surface area contributed by atoms with E-state index in [1.54, 1.807) is 6.92 Å². The number of nitrogens with one attached hydrogen (secondary N) is 1. The lowest BCUT2D eigenvalue weighted by Gasteiger charge is -2.11. The zero-order valence-electron chi connectivity index (χ0n) is 10.5. The number of carboxylic acid groups (broad SMARTS) is 1. The molecule has 104 valence electrons. The van der Waals surface area contributed by atoms with Crippen LogP contribution >= 0.6 is 0 Å². The second-order valence-corrected chi connectivity index (χ2v) is 6.13. The molecule has 0 atom stereocenters. The fourth-order valence-electron chi connectivity index (χ4n) is 2.07.